The first kappa shape index (κ1) is 11.5. The summed E-state index contributed by atoms with van der Waals surface area (Å²) in [6.45, 7) is 0.313. The number of amides is 1. The first-order valence-electron chi connectivity index (χ1n) is 7.19. The number of hydrogen-bond donors (Lipinski definition) is 2. The average molecular weight is 237 g/mol. The van der Waals surface area contributed by atoms with E-state index in [-0.39, 0.29) is 0 Å². The van der Waals surface area contributed by atoms with Crippen LogP contribution >= 0.6 is 0 Å². The molecular formula is C14H23NO2. The maximum Gasteiger partial charge on any atom is 0.223 e. The third kappa shape index (κ3) is 2.65. The number of carbonyl (C=O) groups is 1. The second-order valence-corrected chi connectivity index (χ2v) is 6.25. The summed E-state index contributed by atoms with van der Waals surface area (Å²) >= 11 is 0. The molecule has 17 heavy (non-hydrogen) atoms. The van der Waals surface area contributed by atoms with Crippen LogP contribution in [-0.2, 0) is 4.79 Å². The molecule has 3 nitrogen and oxygen atoms in total. The highest BCUT2D eigenvalue weighted by atomic mass is 16.3. The van der Waals surface area contributed by atoms with Crippen molar-refractivity contribution in [2.75, 3.05) is 6.61 Å². The zero-order valence-corrected chi connectivity index (χ0v) is 10.4. The van der Waals surface area contributed by atoms with Crippen LogP contribution in [0.1, 0.15) is 44.9 Å². The number of aliphatic hydroxyl groups is 1. The van der Waals surface area contributed by atoms with E-state index in [1.54, 1.807) is 0 Å². The minimum absolute atomic E-state index is 0.313. The summed E-state index contributed by atoms with van der Waals surface area (Å²) in [7, 11) is 0. The van der Waals surface area contributed by atoms with Crippen LogP contribution in [0.15, 0.2) is 0 Å². The van der Waals surface area contributed by atoms with Gasteiger partial charge in [0.1, 0.15) is 0 Å². The van der Waals surface area contributed by atoms with Crippen molar-refractivity contribution < 1.29 is 9.90 Å². The van der Waals surface area contributed by atoms with Gasteiger partial charge < -0.3 is 10.4 Å². The Hall–Kier alpha value is -0.570. The number of aliphatic hydroxyl groups excluding tert-OH is 1. The van der Waals surface area contributed by atoms with Gasteiger partial charge >= 0.3 is 0 Å². The van der Waals surface area contributed by atoms with E-state index in [4.69, 9.17) is 5.11 Å². The van der Waals surface area contributed by atoms with E-state index in [1.807, 2.05) is 0 Å². The summed E-state index contributed by atoms with van der Waals surface area (Å²) in [6.07, 6.45) is 8.10. The molecule has 3 saturated carbocycles. The van der Waals surface area contributed by atoms with E-state index in [0.717, 1.165) is 43.9 Å². The summed E-state index contributed by atoms with van der Waals surface area (Å²) in [4.78, 5) is 12.0. The maximum absolute atomic E-state index is 12.0. The molecule has 0 aromatic rings. The van der Waals surface area contributed by atoms with Crippen LogP contribution < -0.4 is 5.32 Å². The van der Waals surface area contributed by atoms with Crippen molar-refractivity contribution >= 4 is 5.91 Å². The van der Waals surface area contributed by atoms with Crippen LogP contribution in [0.4, 0.5) is 0 Å². The predicted octanol–water partition coefficient (Wildman–Crippen LogP) is 1.70. The van der Waals surface area contributed by atoms with Gasteiger partial charge in [0, 0.05) is 18.6 Å². The molecule has 3 heteroatoms. The second kappa shape index (κ2) is 4.60. The maximum atomic E-state index is 12.0. The van der Waals surface area contributed by atoms with E-state index in [9.17, 15) is 4.79 Å². The highest BCUT2D eigenvalue weighted by Crippen LogP contribution is 2.54. The summed E-state index contributed by atoms with van der Waals surface area (Å²) in [5.74, 6) is 2.75. The molecule has 2 N–H and O–H groups in total. The van der Waals surface area contributed by atoms with Crippen LogP contribution in [-0.4, -0.2) is 23.7 Å². The van der Waals surface area contributed by atoms with Crippen molar-refractivity contribution in [3.63, 3.8) is 0 Å². The van der Waals surface area contributed by atoms with Gasteiger partial charge in [-0.15, -0.1) is 0 Å². The summed E-state index contributed by atoms with van der Waals surface area (Å²) in [6, 6.07) is 0.380. The molecular weight excluding hydrogens is 214 g/mol. The molecule has 2 unspecified atom stereocenters. The Balaban J connectivity index is 1.40. The number of nitrogens with one attached hydrogen (secondary N) is 1. The fourth-order valence-corrected chi connectivity index (χ4v) is 3.36. The summed E-state index contributed by atoms with van der Waals surface area (Å²) in [5, 5.41) is 12.3. The molecule has 3 aliphatic carbocycles. The molecule has 1 amide bonds. The number of hydrogen-bond acceptors (Lipinski definition) is 2. The van der Waals surface area contributed by atoms with Gasteiger partial charge in [0.25, 0.3) is 0 Å². The monoisotopic (exact) mass is 237 g/mol. The second-order valence-electron chi connectivity index (χ2n) is 6.25. The summed E-state index contributed by atoms with van der Waals surface area (Å²) in [5.41, 5.74) is 0. The largest absolute Gasteiger partial charge is 0.396 e. The Bertz CT molecular complexity index is 293. The van der Waals surface area contributed by atoms with Gasteiger partial charge in [0.2, 0.25) is 5.91 Å². The van der Waals surface area contributed by atoms with Gasteiger partial charge in [-0.3, -0.25) is 4.79 Å². The molecule has 3 fully saturated rings. The van der Waals surface area contributed by atoms with Crippen LogP contribution in [0.2, 0.25) is 0 Å². The highest BCUT2D eigenvalue weighted by molar-refractivity contribution is 5.81. The first-order chi connectivity index (χ1) is 8.28. The molecule has 0 bridgehead atoms. The third-order valence-electron chi connectivity index (χ3n) is 4.86. The fraction of sp³-hybridized carbons (Fsp3) is 0.929. The topological polar surface area (TPSA) is 49.3 Å². The fourth-order valence-electron chi connectivity index (χ4n) is 3.36. The Morgan fingerprint density at radius 1 is 1.12 bits per heavy atom. The van der Waals surface area contributed by atoms with E-state index < -0.39 is 0 Å². The molecule has 0 heterocycles. The van der Waals surface area contributed by atoms with Crippen molar-refractivity contribution in [1.82, 2.24) is 5.32 Å². The lowest BCUT2D eigenvalue weighted by Crippen LogP contribution is -2.39. The third-order valence-corrected chi connectivity index (χ3v) is 4.86. The molecule has 0 aromatic heterocycles. The zero-order chi connectivity index (χ0) is 11.8. The lowest BCUT2D eigenvalue weighted by molar-refractivity contribution is -0.123. The van der Waals surface area contributed by atoms with Crippen LogP contribution in [0.3, 0.4) is 0 Å². The van der Waals surface area contributed by atoms with E-state index in [0.29, 0.717) is 30.4 Å². The molecule has 0 saturated heterocycles. The van der Waals surface area contributed by atoms with Crippen molar-refractivity contribution in [2.24, 2.45) is 23.7 Å². The van der Waals surface area contributed by atoms with Crippen molar-refractivity contribution in [3.8, 4) is 0 Å². The quantitative estimate of drug-likeness (QED) is 0.782. The zero-order valence-electron chi connectivity index (χ0n) is 10.4. The van der Waals surface area contributed by atoms with Crippen LogP contribution in [0, 0.1) is 23.7 Å². The molecule has 3 rings (SSSR count). The normalized spacial score (nSPS) is 41.0. The molecule has 3 aliphatic rings. The molecule has 96 valence electrons. The average Bonchev–Trinajstić information content (AvgIpc) is 3.19. The van der Waals surface area contributed by atoms with Crippen molar-refractivity contribution in [1.29, 1.82) is 0 Å². The molecule has 0 aromatic carbocycles. The van der Waals surface area contributed by atoms with Gasteiger partial charge in [-0.1, -0.05) is 0 Å². The predicted molar refractivity (Wildman–Crippen MR) is 65.3 cm³/mol. The smallest absolute Gasteiger partial charge is 0.223 e. The van der Waals surface area contributed by atoms with Crippen molar-refractivity contribution in [2.45, 2.75) is 51.0 Å². The molecule has 0 spiro atoms. The minimum atomic E-state index is 0.313. The Kier molecular flexibility index (Phi) is 3.12. The molecule has 0 aliphatic heterocycles. The molecule has 2 atom stereocenters. The van der Waals surface area contributed by atoms with Gasteiger partial charge in [-0.25, -0.2) is 0 Å². The van der Waals surface area contributed by atoms with Gasteiger partial charge in [-0.2, -0.15) is 0 Å². The Labute approximate surface area is 103 Å². The SMILES string of the molecule is O=C(NC1CCC(CO)CC1)C1CC1C1CC1. The van der Waals surface area contributed by atoms with E-state index in [1.165, 1.54) is 12.8 Å². The van der Waals surface area contributed by atoms with Gasteiger partial charge in [0.05, 0.1) is 0 Å². The highest BCUT2D eigenvalue weighted by Gasteiger charge is 2.51. The lowest BCUT2D eigenvalue weighted by atomic mass is 9.86. The number of rotatable bonds is 4. The van der Waals surface area contributed by atoms with Crippen LogP contribution in [0.25, 0.3) is 0 Å². The first-order valence-corrected chi connectivity index (χ1v) is 7.19. The summed E-state index contributed by atoms with van der Waals surface area (Å²) < 4.78 is 0. The van der Waals surface area contributed by atoms with E-state index in [2.05, 4.69) is 5.32 Å². The Morgan fingerprint density at radius 2 is 1.82 bits per heavy atom. The van der Waals surface area contributed by atoms with Gasteiger partial charge in [-0.05, 0) is 62.7 Å². The van der Waals surface area contributed by atoms with Gasteiger partial charge in [0.15, 0.2) is 0 Å². The minimum Gasteiger partial charge on any atom is -0.396 e. The van der Waals surface area contributed by atoms with Crippen molar-refractivity contribution in [3.05, 3.63) is 0 Å². The van der Waals surface area contributed by atoms with E-state index >= 15 is 0 Å². The lowest BCUT2D eigenvalue weighted by Gasteiger charge is -2.28. The van der Waals surface area contributed by atoms with Crippen LogP contribution in [0.5, 0.6) is 0 Å². The number of carbonyl (C=O) groups excluding carboxylic acids is 1. The Morgan fingerprint density at radius 3 is 2.41 bits per heavy atom. The standard InChI is InChI=1S/C14H23NO2/c16-8-9-1-5-11(6-2-9)15-14(17)13-7-12(13)10-3-4-10/h9-13,16H,1-8H2,(H,15,17). The molecule has 0 radical (unpaired) electrons.